The molecular formula is C18H18O3. The SMILES string of the molecule is CCC(C(=O)c1ccc2c(c1)OCCO2)c1ccccc1. The Morgan fingerprint density at radius 3 is 2.48 bits per heavy atom. The summed E-state index contributed by atoms with van der Waals surface area (Å²) in [4.78, 5) is 12.8. The van der Waals surface area contributed by atoms with E-state index < -0.39 is 0 Å². The molecule has 0 saturated heterocycles. The molecule has 3 rings (SSSR count). The highest BCUT2D eigenvalue weighted by molar-refractivity contribution is 6.01. The summed E-state index contributed by atoms with van der Waals surface area (Å²) in [6.07, 6.45) is 0.775. The molecule has 3 nitrogen and oxygen atoms in total. The summed E-state index contributed by atoms with van der Waals surface area (Å²) in [6.45, 7) is 3.12. The van der Waals surface area contributed by atoms with Crippen molar-refractivity contribution >= 4 is 5.78 Å². The van der Waals surface area contributed by atoms with E-state index in [1.807, 2.05) is 49.4 Å². The van der Waals surface area contributed by atoms with Gasteiger partial charge in [0.1, 0.15) is 13.2 Å². The zero-order valence-electron chi connectivity index (χ0n) is 12.0. The number of hydrogen-bond acceptors (Lipinski definition) is 3. The number of carbonyl (C=O) groups is 1. The van der Waals surface area contributed by atoms with E-state index in [-0.39, 0.29) is 11.7 Å². The fraction of sp³-hybridized carbons (Fsp3) is 0.278. The highest BCUT2D eigenvalue weighted by Gasteiger charge is 2.22. The summed E-state index contributed by atoms with van der Waals surface area (Å²) >= 11 is 0. The predicted molar refractivity (Wildman–Crippen MR) is 81.2 cm³/mol. The Morgan fingerprint density at radius 2 is 1.76 bits per heavy atom. The molecule has 0 N–H and O–H groups in total. The molecule has 108 valence electrons. The smallest absolute Gasteiger partial charge is 0.170 e. The molecule has 2 aromatic rings. The number of fused-ring (bicyclic) bond motifs is 1. The van der Waals surface area contributed by atoms with Crippen molar-refractivity contribution in [2.75, 3.05) is 13.2 Å². The third kappa shape index (κ3) is 2.77. The normalized spacial score (nSPS) is 14.5. The van der Waals surface area contributed by atoms with Crippen molar-refractivity contribution in [2.24, 2.45) is 0 Å². The molecule has 0 spiro atoms. The molecular weight excluding hydrogens is 264 g/mol. The Labute approximate surface area is 124 Å². The van der Waals surface area contributed by atoms with Gasteiger partial charge in [0.25, 0.3) is 0 Å². The lowest BCUT2D eigenvalue weighted by atomic mass is 9.88. The molecule has 2 aromatic carbocycles. The molecule has 1 heterocycles. The van der Waals surface area contributed by atoms with Crippen LogP contribution in [0, 0.1) is 0 Å². The van der Waals surface area contributed by atoms with Gasteiger partial charge in [0.05, 0.1) is 0 Å². The maximum atomic E-state index is 12.8. The first-order valence-electron chi connectivity index (χ1n) is 7.28. The predicted octanol–water partition coefficient (Wildman–Crippen LogP) is 3.83. The highest BCUT2D eigenvalue weighted by atomic mass is 16.6. The summed E-state index contributed by atoms with van der Waals surface area (Å²) < 4.78 is 11.0. The van der Waals surface area contributed by atoms with Gasteiger partial charge in [-0.15, -0.1) is 0 Å². The Balaban J connectivity index is 1.90. The van der Waals surface area contributed by atoms with Crippen LogP contribution in [0.3, 0.4) is 0 Å². The summed E-state index contributed by atoms with van der Waals surface area (Å²) in [7, 11) is 0. The topological polar surface area (TPSA) is 35.5 Å². The van der Waals surface area contributed by atoms with Crippen LogP contribution < -0.4 is 9.47 Å². The number of rotatable bonds is 4. The Kier molecular flexibility index (Phi) is 3.91. The van der Waals surface area contributed by atoms with Crippen LogP contribution in [-0.2, 0) is 0 Å². The van der Waals surface area contributed by atoms with E-state index in [1.165, 1.54) is 0 Å². The third-order valence-corrected chi connectivity index (χ3v) is 3.75. The van der Waals surface area contributed by atoms with E-state index in [0.717, 1.165) is 12.0 Å². The minimum Gasteiger partial charge on any atom is -0.486 e. The van der Waals surface area contributed by atoms with Gasteiger partial charge in [0, 0.05) is 11.5 Å². The first kappa shape index (κ1) is 13.7. The maximum absolute atomic E-state index is 12.8. The Morgan fingerprint density at radius 1 is 1.05 bits per heavy atom. The van der Waals surface area contributed by atoms with E-state index in [1.54, 1.807) is 6.07 Å². The lowest BCUT2D eigenvalue weighted by molar-refractivity contribution is 0.0956. The van der Waals surface area contributed by atoms with Crippen molar-refractivity contribution in [3.63, 3.8) is 0 Å². The number of carbonyl (C=O) groups excluding carboxylic acids is 1. The van der Waals surface area contributed by atoms with Crippen molar-refractivity contribution in [3.8, 4) is 11.5 Å². The van der Waals surface area contributed by atoms with Gasteiger partial charge in [0.2, 0.25) is 0 Å². The molecule has 21 heavy (non-hydrogen) atoms. The molecule has 1 atom stereocenters. The fourth-order valence-corrected chi connectivity index (χ4v) is 2.66. The molecule has 0 aliphatic carbocycles. The van der Waals surface area contributed by atoms with E-state index >= 15 is 0 Å². The fourth-order valence-electron chi connectivity index (χ4n) is 2.66. The second-order valence-electron chi connectivity index (χ2n) is 5.09. The van der Waals surface area contributed by atoms with E-state index in [4.69, 9.17) is 9.47 Å². The molecule has 1 aliphatic rings. The van der Waals surface area contributed by atoms with E-state index in [2.05, 4.69) is 0 Å². The number of ether oxygens (including phenoxy) is 2. The van der Waals surface area contributed by atoms with Gasteiger partial charge in [-0.05, 0) is 30.2 Å². The number of Topliss-reactive ketones (excluding diaryl/α,β-unsaturated/α-hetero) is 1. The molecule has 0 bridgehead atoms. The molecule has 1 unspecified atom stereocenters. The van der Waals surface area contributed by atoms with Gasteiger partial charge in [-0.1, -0.05) is 37.3 Å². The summed E-state index contributed by atoms with van der Waals surface area (Å²) in [5, 5.41) is 0. The van der Waals surface area contributed by atoms with Crippen LogP contribution in [0.4, 0.5) is 0 Å². The summed E-state index contributed by atoms with van der Waals surface area (Å²) in [6, 6.07) is 15.3. The molecule has 0 saturated carbocycles. The van der Waals surface area contributed by atoms with Crippen molar-refractivity contribution in [3.05, 3.63) is 59.7 Å². The average Bonchev–Trinajstić information content (AvgIpc) is 2.56. The monoisotopic (exact) mass is 282 g/mol. The van der Waals surface area contributed by atoms with Gasteiger partial charge in [-0.3, -0.25) is 4.79 Å². The molecule has 0 aromatic heterocycles. The van der Waals surface area contributed by atoms with Gasteiger partial charge in [-0.25, -0.2) is 0 Å². The van der Waals surface area contributed by atoms with Crippen molar-refractivity contribution in [2.45, 2.75) is 19.3 Å². The molecule has 1 aliphatic heterocycles. The number of ketones is 1. The van der Waals surface area contributed by atoms with Gasteiger partial charge < -0.3 is 9.47 Å². The average molecular weight is 282 g/mol. The molecule has 0 radical (unpaired) electrons. The minimum atomic E-state index is -0.117. The largest absolute Gasteiger partial charge is 0.486 e. The van der Waals surface area contributed by atoms with Crippen LogP contribution in [0.2, 0.25) is 0 Å². The van der Waals surface area contributed by atoms with Gasteiger partial charge >= 0.3 is 0 Å². The van der Waals surface area contributed by atoms with Crippen molar-refractivity contribution in [1.29, 1.82) is 0 Å². The first-order chi connectivity index (χ1) is 10.3. The standard InChI is InChI=1S/C18H18O3/c1-2-15(13-6-4-3-5-7-13)18(19)14-8-9-16-17(12-14)21-11-10-20-16/h3-9,12,15H,2,10-11H2,1H3. The Hall–Kier alpha value is -2.29. The van der Waals surface area contributed by atoms with Crippen LogP contribution in [-0.4, -0.2) is 19.0 Å². The van der Waals surface area contributed by atoms with Crippen molar-refractivity contribution in [1.82, 2.24) is 0 Å². The van der Waals surface area contributed by atoms with Crippen LogP contribution in [0.15, 0.2) is 48.5 Å². The second-order valence-corrected chi connectivity index (χ2v) is 5.09. The van der Waals surface area contributed by atoms with Crippen LogP contribution in [0.5, 0.6) is 11.5 Å². The quantitative estimate of drug-likeness (QED) is 0.799. The zero-order chi connectivity index (χ0) is 14.7. The van der Waals surface area contributed by atoms with Crippen LogP contribution >= 0.6 is 0 Å². The zero-order valence-corrected chi connectivity index (χ0v) is 12.0. The lowest BCUT2D eigenvalue weighted by Crippen LogP contribution is -2.17. The lowest BCUT2D eigenvalue weighted by Gasteiger charge is -2.20. The van der Waals surface area contributed by atoms with Gasteiger partial charge in [0.15, 0.2) is 17.3 Å². The third-order valence-electron chi connectivity index (χ3n) is 3.75. The maximum Gasteiger partial charge on any atom is 0.170 e. The summed E-state index contributed by atoms with van der Waals surface area (Å²) in [5.41, 5.74) is 1.73. The van der Waals surface area contributed by atoms with Crippen LogP contribution in [0.25, 0.3) is 0 Å². The Bertz CT molecular complexity index is 634. The highest BCUT2D eigenvalue weighted by Crippen LogP contribution is 2.33. The van der Waals surface area contributed by atoms with Crippen molar-refractivity contribution < 1.29 is 14.3 Å². The molecule has 3 heteroatoms. The number of hydrogen-bond donors (Lipinski definition) is 0. The van der Waals surface area contributed by atoms with E-state index in [9.17, 15) is 4.79 Å². The number of benzene rings is 2. The minimum absolute atomic E-state index is 0.117. The second kappa shape index (κ2) is 6.00. The van der Waals surface area contributed by atoms with E-state index in [0.29, 0.717) is 30.3 Å². The molecule has 0 amide bonds. The molecule has 0 fully saturated rings. The van der Waals surface area contributed by atoms with Crippen LogP contribution in [0.1, 0.15) is 35.2 Å². The summed E-state index contributed by atoms with van der Waals surface area (Å²) in [5.74, 6) is 1.38. The first-order valence-corrected chi connectivity index (χ1v) is 7.28. The van der Waals surface area contributed by atoms with Gasteiger partial charge in [-0.2, -0.15) is 0 Å².